The van der Waals surface area contributed by atoms with Crippen LogP contribution in [0.25, 0.3) is 0 Å². The third-order valence-electron chi connectivity index (χ3n) is 2.83. The molecule has 0 aliphatic heterocycles. The van der Waals surface area contributed by atoms with Crippen molar-refractivity contribution >= 4 is 11.3 Å². The molecule has 0 bridgehead atoms. The van der Waals surface area contributed by atoms with E-state index in [9.17, 15) is 0 Å². The summed E-state index contributed by atoms with van der Waals surface area (Å²) in [5, 5.41) is 4.76. The zero-order valence-electron chi connectivity index (χ0n) is 11.2. The molecule has 1 fully saturated rings. The van der Waals surface area contributed by atoms with Crippen LogP contribution in [0.1, 0.15) is 49.2 Å². The zero-order chi connectivity index (χ0) is 12.5. The first-order valence-electron chi connectivity index (χ1n) is 6.22. The van der Waals surface area contributed by atoms with E-state index in [1.54, 1.807) is 7.11 Å². The minimum atomic E-state index is 0.130. The van der Waals surface area contributed by atoms with Gasteiger partial charge >= 0.3 is 0 Å². The summed E-state index contributed by atoms with van der Waals surface area (Å²) in [6.07, 6.45) is 2.65. The van der Waals surface area contributed by atoms with Crippen LogP contribution in [0.4, 0.5) is 0 Å². The SMILES string of the molecule is COCc1nc(C(C)(C)C)sc1CNC1CC1. The van der Waals surface area contributed by atoms with Crippen molar-refractivity contribution in [1.82, 2.24) is 10.3 Å². The molecule has 0 radical (unpaired) electrons. The van der Waals surface area contributed by atoms with E-state index >= 15 is 0 Å². The predicted molar refractivity (Wildman–Crippen MR) is 71.4 cm³/mol. The van der Waals surface area contributed by atoms with Crippen LogP contribution in [0, 0.1) is 0 Å². The number of hydrogen-bond acceptors (Lipinski definition) is 4. The quantitative estimate of drug-likeness (QED) is 0.877. The van der Waals surface area contributed by atoms with Crippen molar-refractivity contribution < 1.29 is 4.74 Å². The summed E-state index contributed by atoms with van der Waals surface area (Å²) in [6.45, 7) is 8.19. The number of hydrogen-bond donors (Lipinski definition) is 1. The maximum atomic E-state index is 5.23. The van der Waals surface area contributed by atoms with Gasteiger partial charge < -0.3 is 10.1 Å². The van der Waals surface area contributed by atoms with E-state index in [0.717, 1.165) is 18.3 Å². The Morgan fingerprint density at radius 2 is 2.12 bits per heavy atom. The molecular weight excluding hydrogens is 232 g/mol. The van der Waals surface area contributed by atoms with Crippen LogP contribution in [0.15, 0.2) is 0 Å². The average Bonchev–Trinajstić information content (AvgIpc) is 2.97. The lowest BCUT2D eigenvalue weighted by molar-refractivity contribution is 0.181. The van der Waals surface area contributed by atoms with Crippen molar-refractivity contribution in [3.05, 3.63) is 15.6 Å². The molecule has 96 valence electrons. The molecule has 2 rings (SSSR count). The van der Waals surface area contributed by atoms with E-state index in [0.29, 0.717) is 6.61 Å². The van der Waals surface area contributed by atoms with E-state index in [-0.39, 0.29) is 5.41 Å². The summed E-state index contributed by atoms with van der Waals surface area (Å²) in [5.74, 6) is 0. The molecule has 17 heavy (non-hydrogen) atoms. The second-order valence-electron chi connectivity index (χ2n) is 5.73. The van der Waals surface area contributed by atoms with Gasteiger partial charge in [0.15, 0.2) is 0 Å². The normalized spacial score (nSPS) is 16.5. The van der Waals surface area contributed by atoms with Gasteiger partial charge in [-0.1, -0.05) is 20.8 Å². The van der Waals surface area contributed by atoms with Crippen LogP contribution in [0.2, 0.25) is 0 Å². The molecule has 1 saturated carbocycles. The minimum absolute atomic E-state index is 0.130. The molecule has 0 unspecified atom stereocenters. The van der Waals surface area contributed by atoms with Crippen molar-refractivity contribution in [3.63, 3.8) is 0 Å². The Morgan fingerprint density at radius 1 is 1.41 bits per heavy atom. The maximum absolute atomic E-state index is 5.23. The van der Waals surface area contributed by atoms with E-state index in [1.807, 2.05) is 11.3 Å². The smallest absolute Gasteiger partial charge is 0.0986 e. The Bertz CT molecular complexity index is 377. The Hall–Kier alpha value is -0.450. The molecule has 0 saturated heterocycles. The van der Waals surface area contributed by atoms with E-state index in [1.165, 1.54) is 22.7 Å². The molecule has 0 spiro atoms. The summed E-state index contributed by atoms with van der Waals surface area (Å²) >= 11 is 1.82. The molecular formula is C13H22N2OS. The summed E-state index contributed by atoms with van der Waals surface area (Å²) in [4.78, 5) is 6.06. The highest BCUT2D eigenvalue weighted by Gasteiger charge is 2.24. The Kier molecular flexibility index (Phi) is 3.85. The second-order valence-corrected chi connectivity index (χ2v) is 6.81. The number of thiazole rings is 1. The van der Waals surface area contributed by atoms with Crippen molar-refractivity contribution in [3.8, 4) is 0 Å². The summed E-state index contributed by atoms with van der Waals surface area (Å²) < 4.78 is 5.23. The molecule has 0 aromatic carbocycles. The number of methoxy groups -OCH3 is 1. The third kappa shape index (κ3) is 3.50. The molecule has 0 amide bonds. The van der Waals surface area contributed by atoms with Crippen LogP contribution >= 0.6 is 11.3 Å². The zero-order valence-corrected chi connectivity index (χ0v) is 12.0. The lowest BCUT2D eigenvalue weighted by atomic mass is 9.98. The van der Waals surface area contributed by atoms with Gasteiger partial charge in [0.1, 0.15) is 0 Å². The first-order valence-corrected chi connectivity index (χ1v) is 7.03. The maximum Gasteiger partial charge on any atom is 0.0986 e. The average molecular weight is 254 g/mol. The van der Waals surface area contributed by atoms with E-state index < -0.39 is 0 Å². The standard InChI is InChI=1S/C13H22N2OS/c1-13(2,3)12-15-10(8-16-4)11(17-12)7-14-9-5-6-9/h9,14H,5-8H2,1-4H3. The summed E-state index contributed by atoms with van der Waals surface area (Å²) in [6, 6.07) is 0.741. The molecule has 1 N–H and O–H groups in total. The number of nitrogens with zero attached hydrogens (tertiary/aromatic N) is 1. The number of nitrogens with one attached hydrogen (secondary N) is 1. The third-order valence-corrected chi connectivity index (χ3v) is 4.35. The number of ether oxygens (including phenoxy) is 1. The van der Waals surface area contributed by atoms with Crippen molar-refractivity contribution in [2.45, 2.75) is 58.2 Å². The van der Waals surface area contributed by atoms with Gasteiger partial charge in [-0.3, -0.25) is 0 Å². The minimum Gasteiger partial charge on any atom is -0.378 e. The van der Waals surface area contributed by atoms with Crippen molar-refractivity contribution in [1.29, 1.82) is 0 Å². The van der Waals surface area contributed by atoms with E-state index in [2.05, 4.69) is 26.1 Å². The first-order chi connectivity index (χ1) is 8.00. The van der Waals surface area contributed by atoms with Gasteiger partial charge in [-0.2, -0.15) is 0 Å². The Labute approximate surface area is 108 Å². The van der Waals surface area contributed by atoms with Crippen LogP contribution in [0.5, 0.6) is 0 Å². The van der Waals surface area contributed by atoms with Gasteiger partial charge in [0.2, 0.25) is 0 Å². The van der Waals surface area contributed by atoms with Gasteiger partial charge in [0.25, 0.3) is 0 Å². The monoisotopic (exact) mass is 254 g/mol. The fourth-order valence-electron chi connectivity index (χ4n) is 1.62. The molecule has 1 heterocycles. The lowest BCUT2D eigenvalue weighted by Gasteiger charge is -2.13. The molecule has 1 aliphatic rings. The van der Waals surface area contributed by atoms with Gasteiger partial charge in [-0.05, 0) is 12.8 Å². The van der Waals surface area contributed by atoms with Crippen LogP contribution in [0.3, 0.4) is 0 Å². The van der Waals surface area contributed by atoms with Gasteiger partial charge in [0.05, 0.1) is 17.3 Å². The predicted octanol–water partition coefficient (Wildman–Crippen LogP) is 2.84. The molecule has 0 atom stereocenters. The van der Waals surface area contributed by atoms with Crippen molar-refractivity contribution in [2.75, 3.05) is 7.11 Å². The molecule has 4 heteroatoms. The van der Waals surface area contributed by atoms with Gasteiger partial charge in [0, 0.05) is 30.0 Å². The van der Waals surface area contributed by atoms with Gasteiger partial charge in [-0.25, -0.2) is 4.98 Å². The fraction of sp³-hybridized carbons (Fsp3) is 0.769. The van der Waals surface area contributed by atoms with Crippen LogP contribution in [-0.4, -0.2) is 18.1 Å². The summed E-state index contributed by atoms with van der Waals surface area (Å²) in [5.41, 5.74) is 1.24. The van der Waals surface area contributed by atoms with Crippen molar-refractivity contribution in [2.24, 2.45) is 0 Å². The fourth-order valence-corrected chi connectivity index (χ4v) is 2.69. The Balaban J connectivity index is 2.11. The number of aromatic nitrogens is 1. The number of rotatable bonds is 5. The second kappa shape index (κ2) is 5.04. The topological polar surface area (TPSA) is 34.1 Å². The highest BCUT2D eigenvalue weighted by atomic mass is 32.1. The van der Waals surface area contributed by atoms with Crippen LogP contribution in [-0.2, 0) is 23.3 Å². The molecule has 1 aromatic rings. The first kappa shape index (κ1) is 13.0. The van der Waals surface area contributed by atoms with E-state index in [4.69, 9.17) is 9.72 Å². The lowest BCUT2D eigenvalue weighted by Crippen LogP contribution is -2.15. The highest BCUT2D eigenvalue weighted by Crippen LogP contribution is 2.30. The van der Waals surface area contributed by atoms with Gasteiger partial charge in [-0.15, -0.1) is 11.3 Å². The Morgan fingerprint density at radius 3 is 2.65 bits per heavy atom. The highest BCUT2D eigenvalue weighted by molar-refractivity contribution is 7.11. The molecule has 3 nitrogen and oxygen atoms in total. The van der Waals surface area contributed by atoms with Crippen LogP contribution < -0.4 is 5.32 Å². The molecule has 1 aromatic heterocycles. The largest absolute Gasteiger partial charge is 0.378 e. The molecule has 1 aliphatic carbocycles. The summed E-state index contributed by atoms with van der Waals surface area (Å²) in [7, 11) is 1.73.